The van der Waals surface area contributed by atoms with Crippen molar-refractivity contribution < 1.29 is 19.2 Å². The van der Waals surface area contributed by atoms with Crippen molar-refractivity contribution in [2.45, 2.75) is 46.5 Å². The maximum Gasteiger partial charge on any atom is 0.311 e. The summed E-state index contributed by atoms with van der Waals surface area (Å²) in [5, 5.41) is 14.1. The number of piperidine rings is 1. The van der Waals surface area contributed by atoms with E-state index in [2.05, 4.69) is 5.16 Å². The third kappa shape index (κ3) is 4.43. The van der Waals surface area contributed by atoms with Crippen LogP contribution in [0.4, 0.5) is 0 Å². The Bertz CT molecular complexity index is 840. The van der Waals surface area contributed by atoms with Crippen LogP contribution in [0.5, 0.6) is 0 Å². The highest BCUT2D eigenvalue weighted by molar-refractivity contribution is 5.80. The van der Waals surface area contributed by atoms with Crippen molar-refractivity contribution in [1.82, 2.24) is 10.1 Å². The summed E-state index contributed by atoms with van der Waals surface area (Å²) in [6.07, 6.45) is 1.87. The Morgan fingerprint density at radius 1 is 1.29 bits per heavy atom. The Balaban J connectivity index is 1.78. The number of benzene rings is 1. The molecule has 6 heteroatoms. The van der Waals surface area contributed by atoms with Gasteiger partial charge in [0.15, 0.2) is 0 Å². The number of carboxylic acid groups (broad SMARTS) is 1. The standard InChI is InChI=1S/C22H28N2O4/c1-15(2)11-20(25)24-10-4-9-22(14-24,21(26)27)13-18-12-19(23-28-18)17-7-5-16(3)6-8-17/h5-8,12,15H,4,9-11,13-14H2,1-3H3,(H,26,27)/t22-/m0/s1. The number of aliphatic carboxylic acids is 1. The van der Waals surface area contributed by atoms with Crippen molar-refractivity contribution in [1.29, 1.82) is 0 Å². The van der Waals surface area contributed by atoms with E-state index < -0.39 is 11.4 Å². The molecule has 6 nitrogen and oxygen atoms in total. The summed E-state index contributed by atoms with van der Waals surface area (Å²) >= 11 is 0. The Morgan fingerprint density at radius 3 is 2.64 bits per heavy atom. The van der Waals surface area contributed by atoms with E-state index in [0.717, 1.165) is 11.1 Å². The lowest BCUT2D eigenvalue weighted by Crippen LogP contribution is -2.51. The number of amides is 1. The summed E-state index contributed by atoms with van der Waals surface area (Å²) in [6, 6.07) is 9.75. The van der Waals surface area contributed by atoms with Gasteiger partial charge < -0.3 is 14.5 Å². The highest BCUT2D eigenvalue weighted by atomic mass is 16.5. The molecule has 2 aromatic rings. The minimum atomic E-state index is -1.03. The summed E-state index contributed by atoms with van der Waals surface area (Å²) in [5.74, 6) is -0.0720. The van der Waals surface area contributed by atoms with E-state index in [9.17, 15) is 14.7 Å². The number of carbonyl (C=O) groups excluding carboxylic acids is 1. The van der Waals surface area contributed by atoms with Crippen molar-refractivity contribution in [3.63, 3.8) is 0 Å². The number of rotatable bonds is 6. The molecule has 1 N–H and O–H groups in total. The molecule has 2 heterocycles. The normalized spacial score (nSPS) is 19.8. The van der Waals surface area contributed by atoms with E-state index in [0.29, 0.717) is 37.3 Å². The van der Waals surface area contributed by atoms with E-state index in [4.69, 9.17) is 4.52 Å². The first kappa shape index (κ1) is 20.1. The lowest BCUT2D eigenvalue weighted by molar-refractivity contribution is -0.155. The second kappa shape index (κ2) is 8.17. The van der Waals surface area contributed by atoms with Gasteiger partial charge in [-0.2, -0.15) is 0 Å². The number of aryl methyl sites for hydroxylation is 1. The van der Waals surface area contributed by atoms with Gasteiger partial charge in [0, 0.05) is 37.6 Å². The fourth-order valence-corrected chi connectivity index (χ4v) is 3.81. The van der Waals surface area contributed by atoms with Gasteiger partial charge in [0.1, 0.15) is 11.5 Å². The number of aromatic nitrogens is 1. The molecule has 0 bridgehead atoms. The molecule has 150 valence electrons. The third-order valence-electron chi connectivity index (χ3n) is 5.39. The molecule has 28 heavy (non-hydrogen) atoms. The van der Waals surface area contributed by atoms with Crippen molar-refractivity contribution in [2.75, 3.05) is 13.1 Å². The third-order valence-corrected chi connectivity index (χ3v) is 5.39. The molecule has 1 atom stereocenters. The molecule has 1 aliphatic heterocycles. The Morgan fingerprint density at radius 2 is 2.00 bits per heavy atom. The predicted molar refractivity (Wildman–Crippen MR) is 106 cm³/mol. The zero-order valence-electron chi connectivity index (χ0n) is 16.8. The number of carboxylic acids is 1. The summed E-state index contributed by atoms with van der Waals surface area (Å²) in [5.41, 5.74) is 1.75. The average Bonchev–Trinajstić information content (AvgIpc) is 3.10. The predicted octanol–water partition coefficient (Wildman–Crippen LogP) is 3.93. The first-order valence-corrected chi connectivity index (χ1v) is 9.83. The molecule has 0 spiro atoms. The second-order valence-corrected chi connectivity index (χ2v) is 8.32. The molecule has 1 aromatic heterocycles. The number of nitrogens with zero attached hydrogens (tertiary/aromatic N) is 2. The van der Waals surface area contributed by atoms with Crippen LogP contribution in [0.3, 0.4) is 0 Å². The molecule has 0 aliphatic carbocycles. The van der Waals surface area contributed by atoms with Crippen LogP contribution in [0, 0.1) is 18.3 Å². The molecule has 0 saturated carbocycles. The topological polar surface area (TPSA) is 83.6 Å². The van der Waals surface area contributed by atoms with E-state index in [1.807, 2.05) is 51.1 Å². The van der Waals surface area contributed by atoms with Crippen LogP contribution in [0.2, 0.25) is 0 Å². The minimum Gasteiger partial charge on any atom is -0.481 e. The monoisotopic (exact) mass is 384 g/mol. The highest BCUT2D eigenvalue weighted by Crippen LogP contribution is 2.35. The molecular weight excluding hydrogens is 356 g/mol. The van der Waals surface area contributed by atoms with E-state index >= 15 is 0 Å². The van der Waals surface area contributed by atoms with Gasteiger partial charge in [0.25, 0.3) is 0 Å². The zero-order valence-corrected chi connectivity index (χ0v) is 16.8. The maximum absolute atomic E-state index is 12.5. The van der Waals surface area contributed by atoms with Gasteiger partial charge in [0.05, 0.1) is 5.41 Å². The molecule has 1 fully saturated rings. The lowest BCUT2D eigenvalue weighted by Gasteiger charge is -2.39. The van der Waals surface area contributed by atoms with Crippen LogP contribution in [-0.2, 0) is 16.0 Å². The SMILES string of the molecule is Cc1ccc(-c2cc(C[C@@]3(C(=O)O)CCCN(C(=O)CC(C)C)C3)on2)cc1. The summed E-state index contributed by atoms with van der Waals surface area (Å²) in [6.45, 7) is 6.84. The van der Waals surface area contributed by atoms with Crippen LogP contribution in [0.15, 0.2) is 34.9 Å². The number of hydrogen-bond donors (Lipinski definition) is 1. The fourth-order valence-electron chi connectivity index (χ4n) is 3.81. The van der Waals surface area contributed by atoms with Gasteiger partial charge in [-0.05, 0) is 25.7 Å². The highest BCUT2D eigenvalue weighted by Gasteiger charge is 2.44. The van der Waals surface area contributed by atoms with Crippen LogP contribution in [0.25, 0.3) is 11.3 Å². The fraction of sp³-hybridized carbons (Fsp3) is 0.500. The van der Waals surface area contributed by atoms with Gasteiger partial charge in [-0.3, -0.25) is 9.59 Å². The van der Waals surface area contributed by atoms with Gasteiger partial charge >= 0.3 is 5.97 Å². The zero-order chi connectivity index (χ0) is 20.3. The molecule has 0 unspecified atom stereocenters. The number of hydrogen-bond acceptors (Lipinski definition) is 4. The Kier molecular flexibility index (Phi) is 5.87. The number of carbonyl (C=O) groups is 2. The van der Waals surface area contributed by atoms with Crippen molar-refractivity contribution >= 4 is 11.9 Å². The summed E-state index contributed by atoms with van der Waals surface area (Å²) in [7, 11) is 0. The maximum atomic E-state index is 12.5. The molecule has 1 saturated heterocycles. The quantitative estimate of drug-likeness (QED) is 0.816. The van der Waals surface area contributed by atoms with Crippen LogP contribution in [-0.4, -0.2) is 40.1 Å². The molecule has 1 aliphatic rings. The van der Waals surface area contributed by atoms with Gasteiger partial charge in [0.2, 0.25) is 5.91 Å². The molecule has 1 aromatic carbocycles. The van der Waals surface area contributed by atoms with Gasteiger partial charge in [-0.1, -0.05) is 48.8 Å². The Hall–Kier alpha value is -2.63. The van der Waals surface area contributed by atoms with E-state index in [-0.39, 0.29) is 24.8 Å². The smallest absolute Gasteiger partial charge is 0.311 e. The van der Waals surface area contributed by atoms with Crippen molar-refractivity contribution in [2.24, 2.45) is 11.3 Å². The molecule has 0 radical (unpaired) electrons. The largest absolute Gasteiger partial charge is 0.481 e. The van der Waals surface area contributed by atoms with Gasteiger partial charge in [-0.25, -0.2) is 0 Å². The molecular formula is C22H28N2O4. The number of likely N-dealkylation sites (tertiary alicyclic amines) is 1. The molecule has 3 rings (SSSR count). The van der Waals surface area contributed by atoms with Gasteiger partial charge in [-0.15, -0.1) is 0 Å². The Labute approximate surface area is 165 Å². The summed E-state index contributed by atoms with van der Waals surface area (Å²) in [4.78, 5) is 26.4. The van der Waals surface area contributed by atoms with Crippen molar-refractivity contribution in [3.8, 4) is 11.3 Å². The van der Waals surface area contributed by atoms with Crippen LogP contribution >= 0.6 is 0 Å². The minimum absolute atomic E-state index is 0.0261. The van der Waals surface area contributed by atoms with Crippen molar-refractivity contribution in [3.05, 3.63) is 41.7 Å². The summed E-state index contributed by atoms with van der Waals surface area (Å²) < 4.78 is 5.47. The van der Waals surface area contributed by atoms with Crippen LogP contribution < -0.4 is 0 Å². The van der Waals surface area contributed by atoms with E-state index in [1.165, 1.54) is 0 Å². The second-order valence-electron chi connectivity index (χ2n) is 8.32. The first-order valence-electron chi connectivity index (χ1n) is 9.83. The first-order chi connectivity index (χ1) is 13.3. The van der Waals surface area contributed by atoms with E-state index in [1.54, 1.807) is 4.90 Å². The molecule has 1 amide bonds. The van der Waals surface area contributed by atoms with Crippen LogP contribution in [0.1, 0.15) is 44.4 Å². The average molecular weight is 384 g/mol. The lowest BCUT2D eigenvalue weighted by atomic mass is 9.76.